The highest BCUT2D eigenvalue weighted by atomic mass is 16.5. The van der Waals surface area contributed by atoms with E-state index in [0.717, 1.165) is 25.7 Å². The molecule has 24 heavy (non-hydrogen) atoms. The number of carboxylic acid groups (broad SMARTS) is 1. The summed E-state index contributed by atoms with van der Waals surface area (Å²) in [5.74, 6) is -0.613. The third kappa shape index (κ3) is 4.40. The molecular formula is C18H25NO5. The van der Waals surface area contributed by atoms with Gasteiger partial charge in [-0.2, -0.15) is 0 Å². The molecule has 0 spiro atoms. The van der Waals surface area contributed by atoms with Crippen LogP contribution in [-0.2, 0) is 4.79 Å². The molecule has 1 unspecified atom stereocenters. The lowest BCUT2D eigenvalue weighted by Gasteiger charge is -2.21. The second-order valence-corrected chi connectivity index (χ2v) is 6.31. The molecule has 1 amide bonds. The Kier molecular flexibility index (Phi) is 6.06. The van der Waals surface area contributed by atoms with Crippen LogP contribution < -0.4 is 9.47 Å². The molecule has 6 nitrogen and oxygen atoms in total. The minimum atomic E-state index is -0.922. The molecule has 0 saturated heterocycles. The summed E-state index contributed by atoms with van der Waals surface area (Å²) in [5.41, 5.74) is 0.462. The maximum atomic E-state index is 12.5. The summed E-state index contributed by atoms with van der Waals surface area (Å²) in [6.45, 7) is 1.73. The Hall–Kier alpha value is -2.24. The van der Waals surface area contributed by atoms with Gasteiger partial charge in [-0.15, -0.1) is 0 Å². The molecule has 0 aromatic heterocycles. The summed E-state index contributed by atoms with van der Waals surface area (Å²) in [6, 6.07) is 5.07. The van der Waals surface area contributed by atoms with Crippen LogP contribution in [0, 0.1) is 5.92 Å². The van der Waals surface area contributed by atoms with E-state index in [2.05, 4.69) is 0 Å². The number of aliphatic carboxylic acids is 1. The molecule has 1 saturated carbocycles. The molecule has 1 aromatic rings. The first-order valence-corrected chi connectivity index (χ1v) is 8.25. The largest absolute Gasteiger partial charge is 0.493 e. The van der Waals surface area contributed by atoms with Crippen molar-refractivity contribution in [3.8, 4) is 11.5 Å². The molecule has 1 atom stereocenters. The fraction of sp³-hybridized carbons (Fsp3) is 0.556. The SMILES string of the molecule is COc1ccc(C(=O)N(C)CC(C)C(=O)O)cc1OC1CCCC1. The number of methoxy groups -OCH3 is 1. The van der Waals surface area contributed by atoms with Gasteiger partial charge in [0, 0.05) is 19.2 Å². The van der Waals surface area contributed by atoms with Gasteiger partial charge in [-0.1, -0.05) is 6.92 Å². The number of carbonyl (C=O) groups excluding carboxylic acids is 1. The highest BCUT2D eigenvalue weighted by Gasteiger charge is 2.22. The summed E-state index contributed by atoms with van der Waals surface area (Å²) < 4.78 is 11.3. The van der Waals surface area contributed by atoms with E-state index in [4.69, 9.17) is 14.6 Å². The topological polar surface area (TPSA) is 76.1 Å². The van der Waals surface area contributed by atoms with Crippen molar-refractivity contribution in [1.29, 1.82) is 0 Å². The summed E-state index contributed by atoms with van der Waals surface area (Å²) in [7, 11) is 3.17. The zero-order valence-electron chi connectivity index (χ0n) is 14.4. The Labute approximate surface area is 142 Å². The number of hydrogen-bond donors (Lipinski definition) is 1. The van der Waals surface area contributed by atoms with Crippen molar-refractivity contribution in [3.05, 3.63) is 23.8 Å². The van der Waals surface area contributed by atoms with Crippen molar-refractivity contribution >= 4 is 11.9 Å². The molecule has 0 bridgehead atoms. The van der Waals surface area contributed by atoms with E-state index in [0.29, 0.717) is 17.1 Å². The zero-order chi connectivity index (χ0) is 17.7. The van der Waals surface area contributed by atoms with Gasteiger partial charge in [0.15, 0.2) is 11.5 Å². The van der Waals surface area contributed by atoms with Crippen LogP contribution in [0.1, 0.15) is 43.0 Å². The van der Waals surface area contributed by atoms with Gasteiger partial charge in [0.25, 0.3) is 5.91 Å². The summed E-state index contributed by atoms with van der Waals surface area (Å²) in [6.07, 6.45) is 4.49. The molecule has 1 aromatic carbocycles. The fourth-order valence-corrected chi connectivity index (χ4v) is 2.88. The van der Waals surface area contributed by atoms with Crippen molar-refractivity contribution in [2.24, 2.45) is 5.92 Å². The third-order valence-electron chi connectivity index (χ3n) is 4.32. The molecule has 0 radical (unpaired) electrons. The van der Waals surface area contributed by atoms with E-state index in [9.17, 15) is 9.59 Å². The molecule has 6 heteroatoms. The van der Waals surface area contributed by atoms with Crippen molar-refractivity contribution in [1.82, 2.24) is 4.90 Å². The first-order valence-electron chi connectivity index (χ1n) is 8.25. The number of carbonyl (C=O) groups is 2. The zero-order valence-corrected chi connectivity index (χ0v) is 14.4. The average Bonchev–Trinajstić information content (AvgIpc) is 3.06. The van der Waals surface area contributed by atoms with Crippen molar-refractivity contribution in [2.45, 2.75) is 38.7 Å². The van der Waals surface area contributed by atoms with Gasteiger partial charge in [-0.25, -0.2) is 0 Å². The van der Waals surface area contributed by atoms with Crippen LogP contribution >= 0.6 is 0 Å². The van der Waals surface area contributed by atoms with Gasteiger partial charge in [-0.3, -0.25) is 9.59 Å². The minimum absolute atomic E-state index is 0.152. The molecule has 2 rings (SSSR count). The summed E-state index contributed by atoms with van der Waals surface area (Å²) >= 11 is 0. The van der Waals surface area contributed by atoms with Crippen LogP contribution in [-0.4, -0.2) is 48.7 Å². The number of amides is 1. The van der Waals surface area contributed by atoms with Gasteiger partial charge >= 0.3 is 5.97 Å². The van der Waals surface area contributed by atoms with Gasteiger partial charge < -0.3 is 19.5 Å². The van der Waals surface area contributed by atoms with E-state index in [1.165, 1.54) is 4.90 Å². The highest BCUT2D eigenvalue weighted by molar-refractivity contribution is 5.95. The summed E-state index contributed by atoms with van der Waals surface area (Å²) in [5, 5.41) is 8.98. The molecule has 1 aliphatic rings. The lowest BCUT2D eigenvalue weighted by molar-refractivity contribution is -0.141. The number of nitrogens with zero attached hydrogens (tertiary/aromatic N) is 1. The second kappa shape index (κ2) is 8.04. The van der Waals surface area contributed by atoms with Crippen molar-refractivity contribution in [2.75, 3.05) is 20.7 Å². The Balaban J connectivity index is 2.14. The normalized spacial score (nSPS) is 15.8. The van der Waals surface area contributed by atoms with E-state index >= 15 is 0 Å². The van der Waals surface area contributed by atoms with E-state index in [1.54, 1.807) is 39.3 Å². The van der Waals surface area contributed by atoms with Crippen LogP contribution in [0.5, 0.6) is 11.5 Å². The lowest BCUT2D eigenvalue weighted by Crippen LogP contribution is -2.33. The quantitative estimate of drug-likeness (QED) is 0.829. The summed E-state index contributed by atoms with van der Waals surface area (Å²) in [4.78, 5) is 24.9. The van der Waals surface area contributed by atoms with Gasteiger partial charge in [-0.05, 0) is 43.9 Å². The number of rotatable bonds is 7. The predicted octanol–water partition coefficient (Wildman–Crippen LogP) is 2.81. The fourth-order valence-electron chi connectivity index (χ4n) is 2.88. The third-order valence-corrected chi connectivity index (χ3v) is 4.32. The smallest absolute Gasteiger partial charge is 0.308 e. The standard InChI is InChI=1S/C18H25NO5/c1-12(18(21)22)11-19(2)17(20)13-8-9-15(23-3)16(10-13)24-14-6-4-5-7-14/h8-10,12,14H,4-7,11H2,1-3H3,(H,21,22). The average molecular weight is 335 g/mol. The van der Waals surface area contributed by atoms with Crippen LogP contribution in [0.25, 0.3) is 0 Å². The second-order valence-electron chi connectivity index (χ2n) is 6.31. The van der Waals surface area contributed by atoms with Crippen molar-refractivity contribution < 1.29 is 24.2 Å². The van der Waals surface area contributed by atoms with Crippen LogP contribution in [0.2, 0.25) is 0 Å². The van der Waals surface area contributed by atoms with E-state index in [-0.39, 0.29) is 18.6 Å². The van der Waals surface area contributed by atoms with Crippen molar-refractivity contribution in [3.63, 3.8) is 0 Å². The first kappa shape index (κ1) is 18.1. The first-order chi connectivity index (χ1) is 11.4. The van der Waals surface area contributed by atoms with Crippen LogP contribution in [0.15, 0.2) is 18.2 Å². The van der Waals surface area contributed by atoms with E-state index < -0.39 is 11.9 Å². The maximum absolute atomic E-state index is 12.5. The Morgan fingerprint density at radius 2 is 1.96 bits per heavy atom. The number of carboxylic acids is 1. The Morgan fingerprint density at radius 1 is 1.29 bits per heavy atom. The maximum Gasteiger partial charge on any atom is 0.308 e. The molecule has 1 N–H and O–H groups in total. The monoisotopic (exact) mass is 335 g/mol. The van der Waals surface area contributed by atoms with Gasteiger partial charge in [0.2, 0.25) is 0 Å². The predicted molar refractivity (Wildman–Crippen MR) is 89.6 cm³/mol. The van der Waals surface area contributed by atoms with Crippen LogP contribution in [0.4, 0.5) is 0 Å². The van der Waals surface area contributed by atoms with E-state index in [1.807, 2.05) is 0 Å². The van der Waals surface area contributed by atoms with Gasteiger partial charge in [0.1, 0.15) is 0 Å². The lowest BCUT2D eigenvalue weighted by atomic mass is 10.1. The minimum Gasteiger partial charge on any atom is -0.493 e. The molecular weight excluding hydrogens is 310 g/mol. The molecule has 0 aliphatic heterocycles. The number of hydrogen-bond acceptors (Lipinski definition) is 4. The molecule has 132 valence electrons. The highest BCUT2D eigenvalue weighted by Crippen LogP contribution is 2.32. The molecule has 1 fully saturated rings. The number of benzene rings is 1. The molecule has 0 heterocycles. The van der Waals surface area contributed by atoms with Gasteiger partial charge in [0.05, 0.1) is 19.1 Å². The van der Waals surface area contributed by atoms with Crippen LogP contribution in [0.3, 0.4) is 0 Å². The Bertz CT molecular complexity index is 595. The molecule has 1 aliphatic carbocycles. The Morgan fingerprint density at radius 3 is 2.54 bits per heavy atom. The number of ether oxygens (including phenoxy) is 2.